The lowest BCUT2D eigenvalue weighted by atomic mass is 9.96. The Morgan fingerprint density at radius 1 is 1.19 bits per heavy atom. The predicted octanol–water partition coefficient (Wildman–Crippen LogP) is 3.82. The molecule has 0 heterocycles. The third-order valence-electron chi connectivity index (χ3n) is 3.93. The third-order valence-corrected chi connectivity index (χ3v) is 3.93. The summed E-state index contributed by atoms with van der Waals surface area (Å²) in [6.07, 6.45) is 7.39. The van der Waals surface area contributed by atoms with Gasteiger partial charge in [-0.1, -0.05) is 25.7 Å². The highest BCUT2D eigenvalue weighted by atomic mass is 19.1. The van der Waals surface area contributed by atoms with Crippen molar-refractivity contribution in [1.82, 2.24) is 0 Å². The third kappa shape index (κ3) is 4.55. The first-order valence-electron chi connectivity index (χ1n) is 7.39. The Morgan fingerprint density at radius 2 is 1.86 bits per heavy atom. The second kappa shape index (κ2) is 7.20. The number of carboxylic acids is 1. The second-order valence-electron chi connectivity index (χ2n) is 5.61. The van der Waals surface area contributed by atoms with E-state index in [1.165, 1.54) is 37.8 Å². The molecule has 114 valence electrons. The van der Waals surface area contributed by atoms with Gasteiger partial charge >= 0.3 is 5.97 Å². The molecule has 0 radical (unpaired) electrons. The molecule has 2 rings (SSSR count). The van der Waals surface area contributed by atoms with Crippen LogP contribution in [0.3, 0.4) is 0 Å². The molecule has 2 N–H and O–H groups in total. The molecule has 0 aromatic heterocycles. The van der Waals surface area contributed by atoms with Crippen molar-refractivity contribution in [3.05, 3.63) is 29.6 Å². The lowest BCUT2D eigenvalue weighted by Gasteiger charge is -2.13. The van der Waals surface area contributed by atoms with Crippen molar-refractivity contribution < 1.29 is 19.1 Å². The maximum atomic E-state index is 13.5. The Labute approximate surface area is 123 Å². The maximum Gasteiger partial charge on any atom is 0.338 e. The van der Waals surface area contributed by atoms with Crippen LogP contribution >= 0.6 is 0 Å². The standard InChI is InChI=1S/C16H20FNO3/c17-14-10-12(7-8-13(14)16(20)21)18-15(19)9-11-5-3-1-2-4-6-11/h7-8,10-11H,1-6,9H2,(H,18,19)(H,20,21). The lowest BCUT2D eigenvalue weighted by molar-refractivity contribution is -0.117. The summed E-state index contributed by atoms with van der Waals surface area (Å²) in [4.78, 5) is 22.7. The fourth-order valence-electron chi connectivity index (χ4n) is 2.81. The topological polar surface area (TPSA) is 66.4 Å². The Hall–Kier alpha value is -1.91. The van der Waals surface area contributed by atoms with Crippen molar-refractivity contribution in [1.29, 1.82) is 0 Å². The van der Waals surface area contributed by atoms with Gasteiger partial charge in [0, 0.05) is 12.1 Å². The number of hydrogen-bond donors (Lipinski definition) is 2. The van der Waals surface area contributed by atoms with Crippen LogP contribution < -0.4 is 5.32 Å². The number of carbonyl (C=O) groups excluding carboxylic acids is 1. The Bertz CT molecular complexity index is 522. The van der Waals surface area contributed by atoms with Crippen LogP contribution in [-0.4, -0.2) is 17.0 Å². The van der Waals surface area contributed by atoms with E-state index in [1.807, 2.05) is 0 Å². The molecule has 4 nitrogen and oxygen atoms in total. The minimum absolute atomic E-state index is 0.135. The highest BCUT2D eigenvalue weighted by molar-refractivity contribution is 5.92. The maximum absolute atomic E-state index is 13.5. The SMILES string of the molecule is O=C(CC1CCCCCC1)Nc1ccc(C(=O)O)c(F)c1. The molecule has 1 saturated carbocycles. The first-order valence-corrected chi connectivity index (χ1v) is 7.39. The van der Waals surface area contributed by atoms with Gasteiger partial charge < -0.3 is 10.4 Å². The molecule has 0 atom stereocenters. The van der Waals surface area contributed by atoms with Gasteiger partial charge in [-0.3, -0.25) is 4.79 Å². The van der Waals surface area contributed by atoms with Crippen LogP contribution in [0.4, 0.5) is 10.1 Å². The summed E-state index contributed by atoms with van der Waals surface area (Å²) in [5, 5.41) is 11.4. The van der Waals surface area contributed by atoms with Gasteiger partial charge in [0.1, 0.15) is 5.82 Å². The number of carbonyl (C=O) groups is 2. The van der Waals surface area contributed by atoms with E-state index in [-0.39, 0.29) is 5.91 Å². The van der Waals surface area contributed by atoms with Crippen LogP contribution in [0.1, 0.15) is 55.3 Å². The van der Waals surface area contributed by atoms with E-state index in [2.05, 4.69) is 5.32 Å². The molecule has 0 unspecified atom stereocenters. The quantitative estimate of drug-likeness (QED) is 0.829. The van der Waals surface area contributed by atoms with E-state index in [0.717, 1.165) is 18.9 Å². The highest BCUT2D eigenvalue weighted by Crippen LogP contribution is 2.26. The van der Waals surface area contributed by atoms with E-state index < -0.39 is 17.3 Å². The second-order valence-corrected chi connectivity index (χ2v) is 5.61. The number of anilines is 1. The van der Waals surface area contributed by atoms with Crippen molar-refractivity contribution in [3.8, 4) is 0 Å². The fraction of sp³-hybridized carbons (Fsp3) is 0.500. The van der Waals surface area contributed by atoms with Crippen LogP contribution in [0.25, 0.3) is 0 Å². The molecule has 1 aliphatic rings. The van der Waals surface area contributed by atoms with E-state index in [0.29, 0.717) is 18.0 Å². The summed E-state index contributed by atoms with van der Waals surface area (Å²) in [6.45, 7) is 0. The van der Waals surface area contributed by atoms with Gasteiger partial charge in [0.15, 0.2) is 0 Å². The molecule has 0 spiro atoms. The molecular formula is C16H20FNO3. The number of aromatic carboxylic acids is 1. The van der Waals surface area contributed by atoms with Crippen LogP contribution in [0, 0.1) is 11.7 Å². The van der Waals surface area contributed by atoms with Crippen molar-refractivity contribution in [2.75, 3.05) is 5.32 Å². The molecular weight excluding hydrogens is 273 g/mol. The minimum atomic E-state index is -1.32. The zero-order chi connectivity index (χ0) is 15.2. The first-order chi connectivity index (χ1) is 10.1. The summed E-state index contributed by atoms with van der Waals surface area (Å²) >= 11 is 0. The summed E-state index contributed by atoms with van der Waals surface area (Å²) in [5.41, 5.74) is -0.0899. The summed E-state index contributed by atoms with van der Waals surface area (Å²) in [5.74, 6) is -1.89. The Balaban J connectivity index is 1.93. The molecule has 0 bridgehead atoms. The van der Waals surface area contributed by atoms with E-state index in [1.54, 1.807) is 0 Å². The van der Waals surface area contributed by atoms with Gasteiger partial charge in [0.25, 0.3) is 0 Å². The number of amides is 1. The van der Waals surface area contributed by atoms with Gasteiger partial charge in [0.05, 0.1) is 5.56 Å². The fourth-order valence-corrected chi connectivity index (χ4v) is 2.81. The zero-order valence-electron chi connectivity index (χ0n) is 11.9. The number of nitrogens with one attached hydrogen (secondary N) is 1. The van der Waals surface area contributed by atoms with E-state index in [9.17, 15) is 14.0 Å². The van der Waals surface area contributed by atoms with Gasteiger partial charge in [-0.2, -0.15) is 0 Å². The molecule has 21 heavy (non-hydrogen) atoms. The average molecular weight is 293 g/mol. The predicted molar refractivity (Wildman–Crippen MR) is 77.8 cm³/mol. The summed E-state index contributed by atoms with van der Waals surface area (Å²) < 4.78 is 13.5. The van der Waals surface area contributed by atoms with Crippen LogP contribution in [0.2, 0.25) is 0 Å². The summed E-state index contributed by atoms with van der Waals surface area (Å²) in [7, 11) is 0. The van der Waals surface area contributed by atoms with E-state index >= 15 is 0 Å². The van der Waals surface area contributed by atoms with Crippen LogP contribution in [0.15, 0.2) is 18.2 Å². The lowest BCUT2D eigenvalue weighted by Crippen LogP contribution is -2.16. The van der Waals surface area contributed by atoms with Gasteiger partial charge in [-0.05, 0) is 37.0 Å². The normalized spacial score (nSPS) is 16.2. The molecule has 0 saturated heterocycles. The number of hydrogen-bond acceptors (Lipinski definition) is 2. The minimum Gasteiger partial charge on any atom is -0.478 e. The largest absolute Gasteiger partial charge is 0.478 e. The molecule has 1 fully saturated rings. The molecule has 0 aliphatic heterocycles. The van der Waals surface area contributed by atoms with Crippen LogP contribution in [0.5, 0.6) is 0 Å². The van der Waals surface area contributed by atoms with Crippen molar-refractivity contribution >= 4 is 17.6 Å². The number of halogens is 1. The zero-order valence-corrected chi connectivity index (χ0v) is 11.9. The highest BCUT2D eigenvalue weighted by Gasteiger charge is 2.17. The molecule has 1 aliphatic carbocycles. The van der Waals surface area contributed by atoms with Gasteiger partial charge in [0.2, 0.25) is 5.91 Å². The number of rotatable bonds is 4. The van der Waals surface area contributed by atoms with Crippen molar-refractivity contribution in [2.45, 2.75) is 44.9 Å². The summed E-state index contributed by atoms with van der Waals surface area (Å²) in [6, 6.07) is 3.63. The first kappa shape index (κ1) is 15.5. The number of benzene rings is 1. The smallest absolute Gasteiger partial charge is 0.338 e. The molecule has 1 aromatic rings. The molecule has 1 aromatic carbocycles. The Kier molecular flexibility index (Phi) is 5.31. The Morgan fingerprint density at radius 3 is 2.43 bits per heavy atom. The molecule has 5 heteroatoms. The van der Waals surface area contributed by atoms with E-state index in [4.69, 9.17) is 5.11 Å². The monoisotopic (exact) mass is 293 g/mol. The molecule has 1 amide bonds. The van der Waals surface area contributed by atoms with Crippen molar-refractivity contribution in [2.24, 2.45) is 5.92 Å². The average Bonchev–Trinajstić information content (AvgIpc) is 2.66. The van der Waals surface area contributed by atoms with Gasteiger partial charge in [-0.15, -0.1) is 0 Å². The number of carboxylic acid groups (broad SMARTS) is 1. The van der Waals surface area contributed by atoms with Crippen LogP contribution in [-0.2, 0) is 4.79 Å². The van der Waals surface area contributed by atoms with Crippen molar-refractivity contribution in [3.63, 3.8) is 0 Å². The van der Waals surface area contributed by atoms with Gasteiger partial charge in [-0.25, -0.2) is 9.18 Å².